The summed E-state index contributed by atoms with van der Waals surface area (Å²) in [6, 6.07) is 11.4. The van der Waals surface area contributed by atoms with E-state index in [1.165, 1.54) is 18.1 Å². The fourth-order valence-corrected chi connectivity index (χ4v) is 4.51. The van der Waals surface area contributed by atoms with E-state index in [0.29, 0.717) is 27.2 Å². The van der Waals surface area contributed by atoms with Gasteiger partial charge in [0.1, 0.15) is 5.75 Å². The van der Waals surface area contributed by atoms with E-state index in [0.717, 1.165) is 40.6 Å². The number of hydrogen-bond acceptors (Lipinski definition) is 6. The third-order valence-corrected chi connectivity index (χ3v) is 6.23. The SMILES string of the molecule is Cc1cc(C)c(Oc2nc(-c3cncc(Cl)c3)ccc2SNCc2cc(C(F)(F)F)ccn2)c(C)c1. The minimum atomic E-state index is -4.43. The second-order valence-corrected chi connectivity index (χ2v) is 9.55. The van der Waals surface area contributed by atoms with Crippen LogP contribution in [0.3, 0.4) is 0 Å². The van der Waals surface area contributed by atoms with Gasteiger partial charge in [0.25, 0.3) is 0 Å². The molecule has 10 heteroatoms. The van der Waals surface area contributed by atoms with Gasteiger partial charge in [-0.15, -0.1) is 0 Å². The third-order valence-electron chi connectivity index (χ3n) is 5.21. The van der Waals surface area contributed by atoms with Gasteiger partial charge in [-0.2, -0.15) is 13.2 Å². The molecule has 0 aliphatic carbocycles. The van der Waals surface area contributed by atoms with Crippen molar-refractivity contribution < 1.29 is 17.9 Å². The second-order valence-electron chi connectivity index (χ2n) is 8.18. The van der Waals surface area contributed by atoms with Crippen LogP contribution in [0.1, 0.15) is 27.9 Å². The number of rotatable bonds is 7. The molecule has 4 rings (SSSR count). The van der Waals surface area contributed by atoms with Gasteiger partial charge < -0.3 is 4.74 Å². The number of nitrogens with one attached hydrogen (secondary N) is 1. The Kier molecular flexibility index (Phi) is 7.82. The van der Waals surface area contributed by atoms with Crippen LogP contribution in [0, 0.1) is 20.8 Å². The molecule has 186 valence electrons. The van der Waals surface area contributed by atoms with Gasteiger partial charge in [-0.05, 0) is 74.2 Å². The maximum atomic E-state index is 13.0. The van der Waals surface area contributed by atoms with E-state index in [-0.39, 0.29) is 12.2 Å². The molecule has 0 aliphatic heterocycles. The van der Waals surface area contributed by atoms with E-state index in [4.69, 9.17) is 21.3 Å². The largest absolute Gasteiger partial charge is 0.437 e. The molecule has 1 aromatic carbocycles. The Hall–Kier alpha value is -3.14. The first kappa shape index (κ1) is 25.9. The molecule has 0 fully saturated rings. The van der Waals surface area contributed by atoms with Crippen molar-refractivity contribution in [3.8, 4) is 22.9 Å². The van der Waals surface area contributed by atoms with Crippen molar-refractivity contribution in [3.05, 3.63) is 94.0 Å². The molecule has 0 saturated carbocycles. The van der Waals surface area contributed by atoms with Crippen LogP contribution in [0.4, 0.5) is 13.2 Å². The minimum absolute atomic E-state index is 0.108. The first-order valence-electron chi connectivity index (χ1n) is 10.9. The Morgan fingerprint density at radius 1 is 1.00 bits per heavy atom. The van der Waals surface area contributed by atoms with Crippen molar-refractivity contribution in [1.29, 1.82) is 0 Å². The summed E-state index contributed by atoms with van der Waals surface area (Å²) < 4.78 is 48.4. The number of benzene rings is 1. The highest BCUT2D eigenvalue weighted by molar-refractivity contribution is 7.97. The number of nitrogens with zero attached hydrogens (tertiary/aromatic N) is 3. The predicted molar refractivity (Wildman–Crippen MR) is 135 cm³/mol. The first-order valence-corrected chi connectivity index (χ1v) is 12.1. The van der Waals surface area contributed by atoms with Crippen molar-refractivity contribution in [1.82, 2.24) is 19.7 Å². The van der Waals surface area contributed by atoms with Gasteiger partial charge in [-0.25, -0.2) is 4.98 Å². The Balaban J connectivity index is 1.62. The summed E-state index contributed by atoms with van der Waals surface area (Å²) in [6.07, 6.45) is -0.0793. The molecule has 3 heterocycles. The topological polar surface area (TPSA) is 59.9 Å². The highest BCUT2D eigenvalue weighted by Gasteiger charge is 2.30. The molecule has 3 aromatic heterocycles. The molecule has 0 bridgehead atoms. The van der Waals surface area contributed by atoms with E-state index in [1.54, 1.807) is 12.3 Å². The van der Waals surface area contributed by atoms with Crippen LogP contribution in [-0.4, -0.2) is 15.0 Å². The van der Waals surface area contributed by atoms with Gasteiger partial charge >= 0.3 is 6.18 Å². The van der Waals surface area contributed by atoms with Crippen LogP contribution >= 0.6 is 23.5 Å². The molecule has 0 spiro atoms. The molecular formula is C26H22ClF3N4OS. The number of aryl methyl sites for hydroxylation is 3. The van der Waals surface area contributed by atoms with Gasteiger partial charge in [0, 0.05) is 30.7 Å². The van der Waals surface area contributed by atoms with E-state index < -0.39 is 11.7 Å². The van der Waals surface area contributed by atoms with Gasteiger partial charge in [0.15, 0.2) is 0 Å². The van der Waals surface area contributed by atoms with Gasteiger partial charge in [-0.1, -0.05) is 29.3 Å². The number of aromatic nitrogens is 3. The van der Waals surface area contributed by atoms with Crippen LogP contribution in [0.25, 0.3) is 11.3 Å². The van der Waals surface area contributed by atoms with E-state index in [2.05, 4.69) is 14.7 Å². The van der Waals surface area contributed by atoms with Gasteiger partial charge in [0.2, 0.25) is 5.88 Å². The number of pyridine rings is 3. The summed E-state index contributed by atoms with van der Waals surface area (Å²) in [6.45, 7) is 6.05. The lowest BCUT2D eigenvalue weighted by atomic mass is 10.1. The number of alkyl halides is 3. The Bertz CT molecular complexity index is 1370. The molecule has 1 N–H and O–H groups in total. The average Bonchev–Trinajstić information content (AvgIpc) is 2.81. The molecule has 36 heavy (non-hydrogen) atoms. The standard InChI is InChI=1S/C26H22ClF3N4OS/c1-15-8-16(2)24(17(3)9-15)35-25-23(5-4-22(34-25)18-10-20(27)13-31-12-18)36-33-14-21-11-19(6-7-32-21)26(28,29)30/h4-13,33H,14H2,1-3H3. The molecule has 0 radical (unpaired) electrons. The minimum Gasteiger partial charge on any atom is -0.437 e. The molecule has 5 nitrogen and oxygen atoms in total. The Morgan fingerprint density at radius 3 is 2.44 bits per heavy atom. The summed E-state index contributed by atoms with van der Waals surface area (Å²) in [5, 5.41) is 0.482. The van der Waals surface area contributed by atoms with E-state index >= 15 is 0 Å². The van der Waals surface area contributed by atoms with Crippen molar-refractivity contribution in [2.75, 3.05) is 0 Å². The fraction of sp³-hybridized carbons (Fsp3) is 0.192. The van der Waals surface area contributed by atoms with Crippen molar-refractivity contribution in [3.63, 3.8) is 0 Å². The van der Waals surface area contributed by atoms with Crippen LogP contribution in [0.15, 0.2) is 66.0 Å². The highest BCUT2D eigenvalue weighted by atomic mass is 35.5. The zero-order valence-electron chi connectivity index (χ0n) is 19.7. The summed E-state index contributed by atoms with van der Waals surface area (Å²) in [4.78, 5) is 13.5. The molecule has 4 aromatic rings. The number of halogens is 4. The Morgan fingerprint density at radius 2 is 1.75 bits per heavy atom. The number of hydrogen-bond donors (Lipinski definition) is 1. The van der Waals surface area contributed by atoms with Crippen LogP contribution < -0.4 is 9.46 Å². The van der Waals surface area contributed by atoms with E-state index in [1.807, 2.05) is 45.0 Å². The van der Waals surface area contributed by atoms with Crippen LogP contribution in [-0.2, 0) is 12.7 Å². The maximum absolute atomic E-state index is 13.0. The smallest absolute Gasteiger partial charge is 0.416 e. The summed E-state index contributed by atoms with van der Waals surface area (Å²) in [5.41, 5.74) is 3.90. The molecule has 0 saturated heterocycles. The maximum Gasteiger partial charge on any atom is 0.416 e. The fourth-order valence-electron chi connectivity index (χ4n) is 3.65. The quantitative estimate of drug-likeness (QED) is 0.247. The summed E-state index contributed by atoms with van der Waals surface area (Å²) in [5.74, 6) is 1.04. The van der Waals surface area contributed by atoms with Crippen LogP contribution in [0.2, 0.25) is 5.02 Å². The van der Waals surface area contributed by atoms with Gasteiger partial charge in [0.05, 0.1) is 26.9 Å². The van der Waals surface area contributed by atoms with E-state index in [9.17, 15) is 13.2 Å². The molecule has 0 amide bonds. The molecule has 0 unspecified atom stereocenters. The predicted octanol–water partition coefficient (Wildman–Crippen LogP) is 7.73. The first-order chi connectivity index (χ1) is 17.1. The second kappa shape index (κ2) is 10.9. The van der Waals surface area contributed by atoms with Gasteiger partial charge in [-0.3, -0.25) is 14.7 Å². The molecular weight excluding hydrogens is 509 g/mol. The summed E-state index contributed by atoms with van der Waals surface area (Å²) in [7, 11) is 0. The zero-order valence-corrected chi connectivity index (χ0v) is 21.2. The molecule has 0 atom stereocenters. The lowest BCUT2D eigenvalue weighted by Gasteiger charge is -2.16. The average molecular weight is 531 g/mol. The molecule has 0 aliphatic rings. The summed E-state index contributed by atoms with van der Waals surface area (Å²) >= 11 is 7.30. The van der Waals surface area contributed by atoms with Crippen molar-refractivity contribution in [2.45, 2.75) is 38.4 Å². The zero-order chi connectivity index (χ0) is 25.9. The van der Waals surface area contributed by atoms with Crippen LogP contribution in [0.5, 0.6) is 11.6 Å². The monoisotopic (exact) mass is 530 g/mol. The lowest BCUT2D eigenvalue weighted by Crippen LogP contribution is -2.10. The normalized spacial score (nSPS) is 11.5. The lowest BCUT2D eigenvalue weighted by molar-refractivity contribution is -0.137. The van der Waals surface area contributed by atoms with Crippen molar-refractivity contribution in [2.24, 2.45) is 0 Å². The van der Waals surface area contributed by atoms with Crippen molar-refractivity contribution >= 4 is 23.5 Å². The number of ether oxygens (including phenoxy) is 1. The highest BCUT2D eigenvalue weighted by Crippen LogP contribution is 2.36. The third kappa shape index (κ3) is 6.34. The Labute approximate surface area is 216 Å².